The second-order valence-corrected chi connectivity index (χ2v) is 10.6. The van der Waals surface area contributed by atoms with Gasteiger partial charge in [0.1, 0.15) is 16.3 Å². The fourth-order valence-corrected chi connectivity index (χ4v) is 5.56. The molecule has 8 heteroatoms. The van der Waals surface area contributed by atoms with Crippen molar-refractivity contribution in [3.05, 3.63) is 80.1 Å². The smallest absolute Gasteiger partial charge is 0.297 e. The van der Waals surface area contributed by atoms with E-state index in [1.165, 1.54) is 11.3 Å². The Hall–Kier alpha value is -3.52. The molecular formula is C28H29N3O4S. The number of rotatable bonds is 8. The number of amides is 1. The van der Waals surface area contributed by atoms with E-state index >= 15 is 0 Å². The summed E-state index contributed by atoms with van der Waals surface area (Å²) in [7, 11) is 0. The van der Waals surface area contributed by atoms with Gasteiger partial charge in [0.15, 0.2) is 5.43 Å². The Bertz CT molecular complexity index is 1490. The number of fused-ring (bicyclic) bond motifs is 2. The maximum Gasteiger partial charge on any atom is 0.297 e. The Morgan fingerprint density at radius 1 is 1.14 bits per heavy atom. The molecule has 0 saturated heterocycles. The molecule has 1 aliphatic rings. The molecule has 0 radical (unpaired) electrons. The molecule has 2 aromatic carbocycles. The third-order valence-electron chi connectivity index (χ3n) is 6.21. The average Bonchev–Trinajstić information content (AvgIpc) is 3.41. The summed E-state index contributed by atoms with van der Waals surface area (Å²) in [5.41, 5.74) is 2.22. The van der Waals surface area contributed by atoms with Crippen LogP contribution in [-0.4, -0.2) is 22.7 Å². The minimum absolute atomic E-state index is 0.0549. The number of hydrogen-bond acceptors (Lipinski definition) is 7. The highest BCUT2D eigenvalue weighted by molar-refractivity contribution is 7.15. The molecule has 1 amide bonds. The molecule has 4 aromatic rings. The molecule has 0 fully saturated rings. The lowest BCUT2D eigenvalue weighted by molar-refractivity contribution is 0.0970. The zero-order chi connectivity index (χ0) is 25.4. The first-order valence-corrected chi connectivity index (χ1v) is 13.1. The van der Waals surface area contributed by atoms with Crippen LogP contribution in [0.25, 0.3) is 11.0 Å². The van der Waals surface area contributed by atoms with E-state index in [0.717, 1.165) is 35.4 Å². The largest absolute Gasteiger partial charge is 0.494 e. The predicted molar refractivity (Wildman–Crippen MR) is 141 cm³/mol. The van der Waals surface area contributed by atoms with E-state index in [0.29, 0.717) is 39.9 Å². The van der Waals surface area contributed by atoms with Crippen molar-refractivity contribution in [2.45, 2.75) is 53.0 Å². The lowest BCUT2D eigenvalue weighted by Crippen LogP contribution is -2.29. The lowest BCUT2D eigenvalue weighted by Gasteiger charge is -2.22. The number of carbonyl (C=O) groups is 1. The molecule has 7 nitrogen and oxygen atoms in total. The summed E-state index contributed by atoms with van der Waals surface area (Å²) >= 11 is 1.37. The first-order valence-electron chi connectivity index (χ1n) is 12.3. The summed E-state index contributed by atoms with van der Waals surface area (Å²) in [6.07, 6.45) is 2.74. The number of nitrogens with zero attached hydrogens (tertiary/aromatic N) is 3. The number of anilines is 1. The quantitative estimate of drug-likeness (QED) is 0.271. The van der Waals surface area contributed by atoms with Crippen molar-refractivity contribution in [1.29, 1.82) is 0 Å². The van der Waals surface area contributed by atoms with Crippen molar-refractivity contribution in [2.75, 3.05) is 11.5 Å². The normalized spacial score (nSPS) is 15.2. The second kappa shape index (κ2) is 9.85. The molecule has 186 valence electrons. The van der Waals surface area contributed by atoms with Gasteiger partial charge < -0.3 is 9.15 Å². The van der Waals surface area contributed by atoms with E-state index in [1.54, 1.807) is 11.0 Å². The van der Waals surface area contributed by atoms with Crippen LogP contribution in [-0.2, 0) is 6.42 Å². The minimum Gasteiger partial charge on any atom is -0.494 e. The summed E-state index contributed by atoms with van der Waals surface area (Å²) < 4.78 is 12.0. The first kappa shape index (κ1) is 24.2. The topological polar surface area (TPSA) is 85.5 Å². The summed E-state index contributed by atoms with van der Waals surface area (Å²) in [5.74, 6) is 0.765. The van der Waals surface area contributed by atoms with Gasteiger partial charge in [-0.05, 0) is 49.1 Å². The molecule has 1 aliphatic heterocycles. The van der Waals surface area contributed by atoms with Gasteiger partial charge in [0, 0.05) is 6.42 Å². The maximum atomic E-state index is 13.8. The Kier molecular flexibility index (Phi) is 6.62. The van der Waals surface area contributed by atoms with Gasteiger partial charge in [-0.2, -0.15) is 0 Å². The molecule has 1 unspecified atom stereocenters. The SMILES string of the molecule is CCCCOc1cccc(C2c3c(oc4ccc(C)cc4c3=O)C(=O)N2c2nnc(CC(C)C)s2)c1. The van der Waals surface area contributed by atoms with Crippen LogP contribution in [0.5, 0.6) is 5.75 Å². The fraction of sp³-hybridized carbons (Fsp3) is 0.357. The van der Waals surface area contributed by atoms with Gasteiger partial charge >= 0.3 is 0 Å². The minimum atomic E-state index is -0.691. The third kappa shape index (κ3) is 4.41. The number of aromatic nitrogens is 2. The van der Waals surface area contributed by atoms with Crippen molar-refractivity contribution in [3.63, 3.8) is 0 Å². The summed E-state index contributed by atoms with van der Waals surface area (Å²) in [5, 5.41) is 10.4. The molecule has 5 rings (SSSR count). The van der Waals surface area contributed by atoms with Gasteiger partial charge in [0.05, 0.1) is 23.6 Å². The Morgan fingerprint density at radius 3 is 2.75 bits per heavy atom. The van der Waals surface area contributed by atoms with Crippen LogP contribution < -0.4 is 15.1 Å². The van der Waals surface area contributed by atoms with Crippen LogP contribution in [0.4, 0.5) is 5.13 Å². The van der Waals surface area contributed by atoms with E-state index in [4.69, 9.17) is 9.15 Å². The second-order valence-electron chi connectivity index (χ2n) is 9.60. The van der Waals surface area contributed by atoms with Crippen LogP contribution in [0.15, 0.2) is 51.7 Å². The lowest BCUT2D eigenvalue weighted by atomic mass is 9.98. The summed E-state index contributed by atoms with van der Waals surface area (Å²) in [4.78, 5) is 29.1. The highest BCUT2D eigenvalue weighted by Crippen LogP contribution is 2.43. The van der Waals surface area contributed by atoms with E-state index < -0.39 is 6.04 Å². The van der Waals surface area contributed by atoms with E-state index in [2.05, 4.69) is 31.0 Å². The van der Waals surface area contributed by atoms with Crippen molar-refractivity contribution in [1.82, 2.24) is 10.2 Å². The first-order chi connectivity index (χ1) is 17.4. The Balaban J connectivity index is 1.68. The zero-order valence-electron chi connectivity index (χ0n) is 20.9. The van der Waals surface area contributed by atoms with Crippen molar-refractivity contribution < 1.29 is 13.9 Å². The number of ether oxygens (including phenoxy) is 1. The van der Waals surface area contributed by atoms with Gasteiger partial charge in [-0.3, -0.25) is 14.5 Å². The number of unbranched alkanes of at least 4 members (excludes halogenated alkanes) is 1. The van der Waals surface area contributed by atoms with Gasteiger partial charge in [-0.25, -0.2) is 0 Å². The molecule has 36 heavy (non-hydrogen) atoms. The zero-order valence-corrected chi connectivity index (χ0v) is 21.7. The van der Waals surface area contributed by atoms with Crippen molar-refractivity contribution in [2.24, 2.45) is 5.92 Å². The van der Waals surface area contributed by atoms with Crippen LogP contribution >= 0.6 is 11.3 Å². The van der Waals surface area contributed by atoms with E-state index in [-0.39, 0.29) is 17.1 Å². The number of carbonyl (C=O) groups excluding carboxylic acids is 1. The third-order valence-corrected chi connectivity index (χ3v) is 7.16. The molecule has 0 saturated carbocycles. The molecule has 1 atom stereocenters. The number of aryl methyl sites for hydroxylation is 1. The number of benzene rings is 2. The highest BCUT2D eigenvalue weighted by Gasteiger charge is 2.45. The molecule has 0 spiro atoms. The van der Waals surface area contributed by atoms with Crippen molar-refractivity contribution >= 4 is 33.3 Å². The fourth-order valence-electron chi connectivity index (χ4n) is 4.48. The van der Waals surface area contributed by atoms with Crippen LogP contribution in [0, 0.1) is 12.8 Å². The molecule has 0 N–H and O–H groups in total. The summed E-state index contributed by atoms with van der Waals surface area (Å²) in [6, 6.07) is 12.3. The van der Waals surface area contributed by atoms with Crippen LogP contribution in [0.1, 0.15) is 71.9 Å². The van der Waals surface area contributed by atoms with Crippen molar-refractivity contribution in [3.8, 4) is 5.75 Å². The molecular weight excluding hydrogens is 474 g/mol. The summed E-state index contributed by atoms with van der Waals surface area (Å²) in [6.45, 7) is 8.86. The predicted octanol–water partition coefficient (Wildman–Crippen LogP) is 6.08. The van der Waals surface area contributed by atoms with Crippen LogP contribution in [0.3, 0.4) is 0 Å². The van der Waals surface area contributed by atoms with Gasteiger partial charge in [0.25, 0.3) is 5.91 Å². The Morgan fingerprint density at radius 2 is 1.97 bits per heavy atom. The maximum absolute atomic E-state index is 13.8. The Labute approximate surface area is 213 Å². The van der Waals surface area contributed by atoms with Crippen LogP contribution in [0.2, 0.25) is 0 Å². The van der Waals surface area contributed by atoms with Gasteiger partial charge in [-0.1, -0.05) is 62.3 Å². The van der Waals surface area contributed by atoms with Gasteiger partial charge in [-0.15, -0.1) is 10.2 Å². The number of hydrogen-bond donors (Lipinski definition) is 0. The average molecular weight is 504 g/mol. The van der Waals surface area contributed by atoms with E-state index in [9.17, 15) is 9.59 Å². The standard InChI is InChI=1S/C28H29N3O4S/c1-5-6-12-34-19-9-7-8-18(15-19)24-23-25(32)20-14-17(4)10-11-21(20)35-26(23)27(33)31(24)28-30-29-22(36-28)13-16(2)3/h7-11,14-16,24H,5-6,12-13H2,1-4H3. The van der Waals surface area contributed by atoms with E-state index in [1.807, 2.05) is 43.3 Å². The monoisotopic (exact) mass is 503 g/mol. The van der Waals surface area contributed by atoms with Gasteiger partial charge in [0.2, 0.25) is 10.9 Å². The molecule has 2 aromatic heterocycles. The molecule has 0 bridgehead atoms. The molecule has 0 aliphatic carbocycles. The molecule has 3 heterocycles. The highest BCUT2D eigenvalue weighted by atomic mass is 32.1.